The molecule has 7 heteroatoms. The van der Waals surface area contributed by atoms with Crippen LogP contribution in [-0.2, 0) is 9.63 Å². The van der Waals surface area contributed by atoms with Gasteiger partial charge in [0.25, 0.3) is 5.69 Å². The highest BCUT2D eigenvalue weighted by Gasteiger charge is 2.34. The van der Waals surface area contributed by atoms with Gasteiger partial charge in [-0.15, -0.1) is 0 Å². The Bertz CT molecular complexity index is 872. The number of ketones is 1. The smallest absolute Gasteiger partial charge is 0.312 e. The largest absolute Gasteiger partial charge is 0.365 e. The minimum atomic E-state index is -0.740. The summed E-state index contributed by atoms with van der Waals surface area (Å²) in [4.78, 5) is 40.2. The number of non-ortho nitro benzene ring substituents is 1. The fourth-order valence-electron chi connectivity index (χ4n) is 2.65. The SMILES string of the molecule is CC(C)(C)C1=CC(=NOC(=O)c2ccc([N+](=O)[O-])cc2)C=C(C(C)(C)C)C1=O. The molecular weight excluding hydrogens is 360 g/mol. The topological polar surface area (TPSA) is 98.9 Å². The van der Waals surface area contributed by atoms with E-state index in [0.29, 0.717) is 16.9 Å². The van der Waals surface area contributed by atoms with Crippen LogP contribution >= 0.6 is 0 Å². The average molecular weight is 384 g/mol. The maximum absolute atomic E-state index is 12.9. The number of Topliss-reactive ketones (excluding diaryl/α,β-unsaturated/α-hetero) is 1. The number of rotatable bonds is 3. The number of nitro benzene ring substituents is 1. The number of carbonyl (C=O) groups is 2. The molecule has 1 aromatic rings. The number of oxime groups is 1. The molecule has 0 amide bonds. The fraction of sp³-hybridized carbons (Fsp3) is 0.381. The van der Waals surface area contributed by atoms with Crippen LogP contribution in [0.1, 0.15) is 51.9 Å². The molecule has 1 aliphatic carbocycles. The van der Waals surface area contributed by atoms with E-state index in [2.05, 4.69) is 5.16 Å². The zero-order valence-corrected chi connectivity index (χ0v) is 16.9. The summed E-state index contributed by atoms with van der Waals surface area (Å²) in [5.74, 6) is -0.781. The molecule has 0 N–H and O–H groups in total. The second-order valence-corrected chi connectivity index (χ2v) is 8.64. The van der Waals surface area contributed by atoms with E-state index in [1.54, 1.807) is 12.2 Å². The average Bonchev–Trinajstić information content (AvgIpc) is 2.58. The highest BCUT2D eigenvalue weighted by atomic mass is 16.7. The van der Waals surface area contributed by atoms with E-state index in [0.717, 1.165) is 0 Å². The third-order valence-electron chi connectivity index (χ3n) is 4.24. The summed E-state index contributed by atoms with van der Waals surface area (Å²) >= 11 is 0. The molecule has 0 saturated heterocycles. The summed E-state index contributed by atoms with van der Waals surface area (Å²) in [6, 6.07) is 5.05. The van der Waals surface area contributed by atoms with Crippen molar-refractivity contribution in [3.8, 4) is 0 Å². The number of nitrogens with zero attached hydrogens (tertiary/aromatic N) is 2. The van der Waals surface area contributed by atoms with Crippen LogP contribution in [0, 0.1) is 20.9 Å². The summed E-state index contributed by atoms with van der Waals surface area (Å²) in [6.07, 6.45) is 3.25. The molecule has 0 spiro atoms. The van der Waals surface area contributed by atoms with Crippen LogP contribution in [0.3, 0.4) is 0 Å². The van der Waals surface area contributed by atoms with Gasteiger partial charge < -0.3 is 4.84 Å². The Morgan fingerprint density at radius 1 is 0.964 bits per heavy atom. The third kappa shape index (κ3) is 4.79. The lowest BCUT2D eigenvalue weighted by molar-refractivity contribution is -0.384. The molecule has 1 aliphatic rings. The number of hydrogen-bond acceptors (Lipinski definition) is 6. The number of allylic oxidation sites excluding steroid dienone is 4. The molecule has 2 rings (SSSR count). The lowest BCUT2D eigenvalue weighted by Crippen LogP contribution is -2.29. The van der Waals surface area contributed by atoms with E-state index in [9.17, 15) is 19.7 Å². The Balaban J connectivity index is 2.32. The monoisotopic (exact) mass is 384 g/mol. The van der Waals surface area contributed by atoms with Gasteiger partial charge >= 0.3 is 5.97 Å². The normalized spacial score (nSPS) is 14.9. The second kappa shape index (κ2) is 7.50. The van der Waals surface area contributed by atoms with Crippen LogP contribution in [0.15, 0.2) is 52.7 Å². The van der Waals surface area contributed by atoms with E-state index < -0.39 is 21.7 Å². The zero-order valence-electron chi connectivity index (χ0n) is 16.9. The van der Waals surface area contributed by atoms with Crippen molar-refractivity contribution >= 4 is 23.2 Å². The number of nitro groups is 1. The molecule has 0 heterocycles. The van der Waals surface area contributed by atoms with Gasteiger partial charge in [0.05, 0.1) is 10.5 Å². The highest BCUT2D eigenvalue weighted by Crippen LogP contribution is 2.37. The summed E-state index contributed by atoms with van der Waals surface area (Å²) in [7, 11) is 0. The van der Waals surface area contributed by atoms with Crippen LogP contribution in [0.25, 0.3) is 0 Å². The van der Waals surface area contributed by atoms with Crippen molar-refractivity contribution in [3.05, 3.63) is 63.2 Å². The van der Waals surface area contributed by atoms with Crippen LogP contribution in [0.2, 0.25) is 0 Å². The lowest BCUT2D eigenvalue weighted by Gasteiger charge is -2.30. The maximum atomic E-state index is 12.9. The third-order valence-corrected chi connectivity index (χ3v) is 4.24. The Morgan fingerprint density at radius 3 is 1.82 bits per heavy atom. The molecular formula is C21H24N2O5. The molecule has 0 bridgehead atoms. The standard InChI is InChI=1S/C21H24N2O5/c1-20(2,3)16-11-14(12-17(18(16)24)21(4,5)6)22-28-19(25)13-7-9-15(10-8-13)23(26)27/h7-12H,1-6H3. The minimum Gasteiger partial charge on any atom is -0.312 e. The number of carbonyl (C=O) groups excluding carboxylic acids is 2. The van der Waals surface area contributed by atoms with Gasteiger partial charge in [-0.1, -0.05) is 46.7 Å². The van der Waals surface area contributed by atoms with Crippen molar-refractivity contribution in [2.75, 3.05) is 0 Å². The van der Waals surface area contributed by atoms with Crippen molar-refractivity contribution in [2.45, 2.75) is 41.5 Å². The molecule has 0 radical (unpaired) electrons. The van der Waals surface area contributed by atoms with Gasteiger partial charge in [0, 0.05) is 23.3 Å². The summed E-state index contributed by atoms with van der Waals surface area (Å²) in [5, 5.41) is 14.6. The summed E-state index contributed by atoms with van der Waals surface area (Å²) < 4.78 is 0. The van der Waals surface area contributed by atoms with Crippen molar-refractivity contribution in [2.24, 2.45) is 16.0 Å². The Kier molecular flexibility index (Phi) is 5.68. The molecule has 0 atom stereocenters. The first-order chi connectivity index (χ1) is 12.8. The molecule has 0 fully saturated rings. The van der Waals surface area contributed by atoms with Crippen LogP contribution in [0.5, 0.6) is 0 Å². The van der Waals surface area contributed by atoms with Gasteiger partial charge in [0.2, 0.25) is 0 Å². The van der Waals surface area contributed by atoms with Gasteiger partial charge in [0.15, 0.2) is 5.78 Å². The van der Waals surface area contributed by atoms with Crippen LogP contribution in [-0.4, -0.2) is 22.4 Å². The van der Waals surface area contributed by atoms with Gasteiger partial charge in [-0.25, -0.2) is 4.79 Å². The molecule has 7 nitrogen and oxygen atoms in total. The highest BCUT2D eigenvalue weighted by molar-refractivity contribution is 6.22. The van der Waals surface area contributed by atoms with Gasteiger partial charge in [0.1, 0.15) is 5.71 Å². The maximum Gasteiger partial charge on any atom is 0.365 e. The quantitative estimate of drug-likeness (QED) is 0.327. The minimum absolute atomic E-state index is 0.0411. The van der Waals surface area contributed by atoms with Crippen molar-refractivity contribution in [3.63, 3.8) is 0 Å². The predicted molar refractivity (Wildman–Crippen MR) is 106 cm³/mol. The first-order valence-corrected chi connectivity index (χ1v) is 8.83. The molecule has 1 aromatic carbocycles. The fourth-order valence-corrected chi connectivity index (χ4v) is 2.65. The first kappa shape index (κ1) is 21.2. The first-order valence-electron chi connectivity index (χ1n) is 8.83. The van der Waals surface area contributed by atoms with Gasteiger partial charge in [-0.05, 0) is 35.1 Å². The van der Waals surface area contributed by atoms with Crippen molar-refractivity contribution < 1.29 is 19.3 Å². The van der Waals surface area contributed by atoms with Crippen LogP contribution in [0.4, 0.5) is 5.69 Å². The van der Waals surface area contributed by atoms with Crippen molar-refractivity contribution in [1.82, 2.24) is 0 Å². The Hall–Kier alpha value is -3.09. The molecule has 0 unspecified atom stereocenters. The summed E-state index contributed by atoms with van der Waals surface area (Å²) in [6.45, 7) is 11.6. The van der Waals surface area contributed by atoms with E-state index in [4.69, 9.17) is 4.84 Å². The summed E-state index contributed by atoms with van der Waals surface area (Å²) in [5.41, 5.74) is 0.765. The predicted octanol–water partition coefficient (Wildman–Crippen LogP) is 4.64. The van der Waals surface area contributed by atoms with Gasteiger partial charge in [-0.2, -0.15) is 0 Å². The molecule has 0 aromatic heterocycles. The molecule has 0 saturated carbocycles. The Labute approximate surface area is 163 Å². The molecule has 0 aliphatic heterocycles. The number of benzene rings is 1. The zero-order chi connectivity index (χ0) is 21.3. The van der Waals surface area contributed by atoms with E-state index >= 15 is 0 Å². The van der Waals surface area contributed by atoms with Crippen LogP contribution < -0.4 is 0 Å². The van der Waals surface area contributed by atoms with E-state index in [-0.39, 0.29) is 17.0 Å². The molecule has 148 valence electrons. The molecule has 28 heavy (non-hydrogen) atoms. The van der Waals surface area contributed by atoms with Crippen molar-refractivity contribution in [1.29, 1.82) is 0 Å². The number of hydrogen-bond donors (Lipinski definition) is 0. The lowest BCUT2D eigenvalue weighted by atomic mass is 9.72. The van der Waals surface area contributed by atoms with E-state index in [1.807, 2.05) is 41.5 Å². The van der Waals surface area contributed by atoms with Gasteiger partial charge in [-0.3, -0.25) is 14.9 Å². The van der Waals surface area contributed by atoms with E-state index in [1.165, 1.54) is 24.3 Å². The Morgan fingerprint density at radius 2 is 1.43 bits per heavy atom. The second-order valence-electron chi connectivity index (χ2n) is 8.64.